The summed E-state index contributed by atoms with van der Waals surface area (Å²) in [7, 11) is 3.16. The molecule has 0 unspecified atom stereocenters. The minimum absolute atomic E-state index is 0.258. The Morgan fingerprint density at radius 3 is 1.15 bits per heavy atom. The van der Waals surface area contributed by atoms with E-state index < -0.39 is 5.79 Å². The summed E-state index contributed by atoms with van der Waals surface area (Å²) in [4.78, 5) is 0. The minimum Gasteiger partial charge on any atom is -0.399 e. The average Bonchev–Trinajstić information content (AvgIpc) is 3.12. The molecule has 2 aromatic carbocycles. The molecule has 0 radical (unpaired) electrons. The van der Waals surface area contributed by atoms with Gasteiger partial charge in [-0.05, 0) is 90.1 Å². The van der Waals surface area contributed by atoms with Crippen LogP contribution in [0.15, 0.2) is 70.8 Å². The maximum Gasteiger partial charge on any atom is 0.240 e. The van der Waals surface area contributed by atoms with Crippen LogP contribution in [0, 0.1) is 58.2 Å². The zero-order chi connectivity index (χ0) is 28.8. The van der Waals surface area contributed by atoms with Gasteiger partial charge in [-0.25, -0.2) is 0 Å². The van der Waals surface area contributed by atoms with Crippen molar-refractivity contribution in [3.05, 3.63) is 82.0 Å². The van der Waals surface area contributed by atoms with Crippen LogP contribution < -0.4 is 11.5 Å². The van der Waals surface area contributed by atoms with E-state index in [2.05, 4.69) is 88.9 Å². The third kappa shape index (κ3) is 7.38. The van der Waals surface area contributed by atoms with Crippen molar-refractivity contribution in [3.8, 4) is 47.4 Å². The van der Waals surface area contributed by atoms with Gasteiger partial charge in [0.25, 0.3) is 0 Å². The molecule has 0 atom stereocenters. The second-order valence-electron chi connectivity index (χ2n) is 11.3. The smallest absolute Gasteiger partial charge is 0.240 e. The lowest BCUT2D eigenvalue weighted by Crippen LogP contribution is -2.36. The number of nitrogens with two attached hydrogens (primary N) is 2. The first kappa shape index (κ1) is 29.2. The highest BCUT2D eigenvalue weighted by atomic mass is 16.7. The highest BCUT2D eigenvalue weighted by Crippen LogP contribution is 2.43. The van der Waals surface area contributed by atoms with Gasteiger partial charge in [0.1, 0.15) is 0 Å². The number of rotatable bonds is 2. The van der Waals surface area contributed by atoms with Crippen LogP contribution in [-0.2, 0) is 9.47 Å². The van der Waals surface area contributed by atoms with E-state index in [9.17, 15) is 0 Å². The fourth-order valence-corrected chi connectivity index (χ4v) is 3.64. The molecule has 3 rings (SSSR count). The minimum atomic E-state index is -1.38. The molecule has 4 nitrogen and oxygen atoms in total. The number of benzene rings is 2. The maximum absolute atomic E-state index is 6.09. The molecule has 0 aromatic heterocycles. The van der Waals surface area contributed by atoms with Crippen LogP contribution in [0.3, 0.4) is 0 Å². The van der Waals surface area contributed by atoms with Gasteiger partial charge >= 0.3 is 0 Å². The molecule has 1 aliphatic carbocycles. The van der Waals surface area contributed by atoms with Crippen molar-refractivity contribution in [1.82, 2.24) is 0 Å². The molecule has 0 saturated carbocycles. The van der Waals surface area contributed by atoms with E-state index in [1.165, 1.54) is 0 Å². The molecule has 0 aliphatic heterocycles. The van der Waals surface area contributed by atoms with Gasteiger partial charge in [0.2, 0.25) is 5.79 Å². The van der Waals surface area contributed by atoms with Gasteiger partial charge in [-0.1, -0.05) is 47.4 Å². The van der Waals surface area contributed by atoms with E-state index in [1.807, 2.05) is 48.5 Å². The number of hydrogen-bond acceptors (Lipinski definition) is 4. The van der Waals surface area contributed by atoms with E-state index >= 15 is 0 Å². The van der Waals surface area contributed by atoms with Crippen LogP contribution in [0.25, 0.3) is 0 Å². The van der Waals surface area contributed by atoms with Gasteiger partial charge in [0.15, 0.2) is 0 Å². The van der Waals surface area contributed by atoms with Crippen LogP contribution in [0.5, 0.6) is 0 Å². The molecule has 0 saturated heterocycles. The van der Waals surface area contributed by atoms with Crippen molar-refractivity contribution in [2.75, 3.05) is 25.7 Å². The molecular formula is C35H36N2O2. The molecule has 0 bridgehead atoms. The highest BCUT2D eigenvalue weighted by molar-refractivity contribution is 5.76. The third-order valence-corrected chi connectivity index (χ3v) is 5.59. The number of hydrogen-bond donors (Lipinski definition) is 2. The summed E-state index contributed by atoms with van der Waals surface area (Å²) in [5.74, 6) is 25.1. The zero-order valence-corrected chi connectivity index (χ0v) is 24.1. The lowest BCUT2D eigenvalue weighted by molar-refractivity contribution is -0.142. The summed E-state index contributed by atoms with van der Waals surface area (Å²) in [6, 6.07) is 14.7. The fraction of sp³-hybridized carbons (Fsp3) is 0.314. The Bertz CT molecular complexity index is 1420. The van der Waals surface area contributed by atoms with Gasteiger partial charge in [0.05, 0.1) is 22.3 Å². The maximum atomic E-state index is 6.09. The molecule has 0 amide bonds. The van der Waals surface area contributed by atoms with Gasteiger partial charge in [0, 0.05) is 47.6 Å². The van der Waals surface area contributed by atoms with Crippen LogP contribution in [0.4, 0.5) is 11.4 Å². The van der Waals surface area contributed by atoms with Crippen molar-refractivity contribution in [2.24, 2.45) is 10.8 Å². The van der Waals surface area contributed by atoms with E-state index in [1.54, 1.807) is 14.2 Å². The Morgan fingerprint density at radius 1 is 0.538 bits per heavy atom. The van der Waals surface area contributed by atoms with Gasteiger partial charge in [-0.3, -0.25) is 0 Å². The van der Waals surface area contributed by atoms with Crippen LogP contribution in [0.2, 0.25) is 0 Å². The summed E-state index contributed by atoms with van der Waals surface area (Å²) in [6.07, 6.45) is 0. The molecule has 0 spiro atoms. The van der Waals surface area contributed by atoms with Gasteiger partial charge in [-0.2, -0.15) is 0 Å². The summed E-state index contributed by atoms with van der Waals surface area (Å²) in [5.41, 5.74) is 16.6. The summed E-state index contributed by atoms with van der Waals surface area (Å²) in [5, 5.41) is 0. The number of anilines is 2. The second-order valence-corrected chi connectivity index (χ2v) is 11.3. The normalized spacial score (nSPS) is 14.3. The first-order valence-electron chi connectivity index (χ1n) is 12.7. The van der Waals surface area contributed by atoms with E-state index in [-0.39, 0.29) is 10.8 Å². The van der Waals surface area contributed by atoms with E-state index in [0.717, 1.165) is 11.1 Å². The first-order valence-corrected chi connectivity index (χ1v) is 12.7. The molecule has 1 aliphatic rings. The molecule has 198 valence electrons. The lowest BCUT2D eigenvalue weighted by Gasteiger charge is -2.28. The largest absolute Gasteiger partial charge is 0.399 e. The Morgan fingerprint density at radius 2 is 0.872 bits per heavy atom. The predicted molar refractivity (Wildman–Crippen MR) is 161 cm³/mol. The molecule has 39 heavy (non-hydrogen) atoms. The fourth-order valence-electron chi connectivity index (χ4n) is 3.64. The SMILES string of the molecule is COC1(OC)C(C#Cc2ccc(N)cc2)=C(C#CC(C)(C)C)C(C#CC(C)(C)C)=C1C#Cc1ccc(N)cc1. The highest BCUT2D eigenvalue weighted by Gasteiger charge is 2.47. The molecule has 2 aromatic rings. The number of allylic oxidation sites excluding steroid dienone is 2. The van der Waals surface area contributed by atoms with Crippen molar-refractivity contribution < 1.29 is 9.47 Å². The zero-order valence-electron chi connectivity index (χ0n) is 24.1. The Balaban J connectivity index is 2.39. The van der Waals surface area contributed by atoms with Crippen LogP contribution in [-0.4, -0.2) is 20.0 Å². The van der Waals surface area contributed by atoms with Crippen molar-refractivity contribution in [1.29, 1.82) is 0 Å². The number of ether oxygens (including phenoxy) is 2. The second kappa shape index (κ2) is 11.6. The van der Waals surface area contributed by atoms with E-state index in [4.69, 9.17) is 20.9 Å². The standard InChI is InChI=1S/C35H36N2O2/c1-33(2,3)23-21-29-30(22-24-34(4,5)6)32(20-14-26-11-17-28(37)18-12-26)35(38-7,39-8)31(29)19-13-25-9-15-27(36)16-10-25/h9-12,15-18H,36-37H2,1-8H3. The number of methoxy groups -OCH3 is 2. The van der Waals surface area contributed by atoms with Crippen LogP contribution >= 0.6 is 0 Å². The van der Waals surface area contributed by atoms with Crippen LogP contribution in [0.1, 0.15) is 52.7 Å². The average molecular weight is 517 g/mol. The third-order valence-electron chi connectivity index (χ3n) is 5.59. The topological polar surface area (TPSA) is 70.5 Å². The van der Waals surface area contributed by atoms with E-state index in [0.29, 0.717) is 33.7 Å². The summed E-state index contributed by atoms with van der Waals surface area (Å²) >= 11 is 0. The van der Waals surface area contributed by atoms with Crippen molar-refractivity contribution in [2.45, 2.75) is 47.3 Å². The summed E-state index contributed by atoms with van der Waals surface area (Å²) < 4.78 is 12.2. The predicted octanol–water partition coefficient (Wildman–Crippen LogP) is 5.95. The Labute approximate surface area is 233 Å². The monoisotopic (exact) mass is 516 g/mol. The summed E-state index contributed by atoms with van der Waals surface area (Å²) in [6.45, 7) is 12.3. The molecule has 0 fully saturated rings. The Kier molecular flexibility index (Phi) is 8.70. The van der Waals surface area contributed by atoms with Gasteiger partial charge < -0.3 is 20.9 Å². The van der Waals surface area contributed by atoms with Crippen molar-refractivity contribution >= 4 is 11.4 Å². The van der Waals surface area contributed by atoms with Crippen molar-refractivity contribution in [3.63, 3.8) is 0 Å². The van der Waals surface area contributed by atoms with Gasteiger partial charge in [-0.15, -0.1) is 0 Å². The molecule has 4 heteroatoms. The first-order chi connectivity index (χ1) is 18.3. The quantitative estimate of drug-likeness (QED) is 0.294. The lowest BCUT2D eigenvalue weighted by atomic mass is 9.94. The number of nitrogen functional groups attached to an aromatic ring is 2. The Hall–Kier alpha value is -4.32. The molecular weight excluding hydrogens is 480 g/mol. The molecule has 4 N–H and O–H groups in total. The molecule has 0 heterocycles.